The number of fused-ring (bicyclic) bond motifs is 1. The average Bonchev–Trinajstić information content (AvgIpc) is 2.69. The van der Waals surface area contributed by atoms with Gasteiger partial charge in [0.25, 0.3) is 5.56 Å². The summed E-state index contributed by atoms with van der Waals surface area (Å²) in [5.74, 6) is 0.336. The summed E-state index contributed by atoms with van der Waals surface area (Å²) in [4.78, 5) is 34.3. The molecule has 0 aliphatic rings. The van der Waals surface area contributed by atoms with E-state index in [9.17, 15) is 9.59 Å². The van der Waals surface area contributed by atoms with Crippen LogP contribution in [-0.2, 0) is 11.3 Å². The molecule has 0 fully saturated rings. The van der Waals surface area contributed by atoms with Crippen molar-refractivity contribution in [3.8, 4) is 0 Å². The van der Waals surface area contributed by atoms with Gasteiger partial charge < -0.3 is 10.3 Å². The molecule has 0 saturated carbocycles. The molecule has 29 heavy (non-hydrogen) atoms. The van der Waals surface area contributed by atoms with Crippen LogP contribution in [0.15, 0.2) is 47.3 Å². The quantitative estimate of drug-likeness (QED) is 0.577. The maximum absolute atomic E-state index is 12.6. The number of aromatic amines is 1. The zero-order chi connectivity index (χ0) is 21.0. The first kappa shape index (κ1) is 21.3. The van der Waals surface area contributed by atoms with Crippen LogP contribution in [0.1, 0.15) is 26.1 Å². The Morgan fingerprint density at radius 1 is 1.21 bits per heavy atom. The number of carbonyl (C=O) groups is 1. The van der Waals surface area contributed by atoms with E-state index in [2.05, 4.69) is 15.3 Å². The van der Waals surface area contributed by atoms with Crippen molar-refractivity contribution in [1.29, 1.82) is 0 Å². The minimum atomic E-state index is -0.188. The Kier molecular flexibility index (Phi) is 6.90. The monoisotopic (exact) mass is 432 g/mol. The van der Waals surface area contributed by atoms with Crippen LogP contribution in [0, 0.1) is 0 Å². The maximum Gasteiger partial charge on any atom is 0.258 e. The van der Waals surface area contributed by atoms with E-state index in [1.807, 2.05) is 24.8 Å². The number of benzene rings is 2. The van der Waals surface area contributed by atoms with E-state index in [0.29, 0.717) is 39.0 Å². The second kappa shape index (κ2) is 9.39. The number of hydrogen-bond acceptors (Lipinski definition) is 4. The standard InChI is InChI=1S/C21H22Cl2N4O2/c1-3-13(2)27(12-20(28)24-14-8-9-16(22)17(23)10-14)11-19-25-18-7-5-4-6-15(18)21(29)26-19/h4-10,13H,3,11-12H2,1-2H3,(H,24,28)(H,25,26,29). The van der Waals surface area contributed by atoms with Crippen molar-refractivity contribution < 1.29 is 4.79 Å². The summed E-state index contributed by atoms with van der Waals surface area (Å²) in [7, 11) is 0. The summed E-state index contributed by atoms with van der Waals surface area (Å²) in [6.45, 7) is 4.58. The smallest absolute Gasteiger partial charge is 0.258 e. The highest BCUT2D eigenvalue weighted by molar-refractivity contribution is 6.42. The van der Waals surface area contributed by atoms with Crippen molar-refractivity contribution in [2.75, 3.05) is 11.9 Å². The number of hydrogen-bond donors (Lipinski definition) is 2. The molecule has 8 heteroatoms. The molecular weight excluding hydrogens is 411 g/mol. The number of nitrogens with one attached hydrogen (secondary N) is 2. The maximum atomic E-state index is 12.6. The highest BCUT2D eigenvalue weighted by Crippen LogP contribution is 2.25. The molecule has 0 saturated heterocycles. The van der Waals surface area contributed by atoms with Gasteiger partial charge in [0.2, 0.25) is 5.91 Å². The van der Waals surface area contributed by atoms with Crippen molar-refractivity contribution in [1.82, 2.24) is 14.9 Å². The Bertz CT molecular complexity index is 1080. The number of carbonyl (C=O) groups excluding carboxylic acids is 1. The molecule has 2 aromatic carbocycles. The molecule has 3 aromatic rings. The average molecular weight is 433 g/mol. The molecule has 0 aliphatic carbocycles. The number of H-pyrrole nitrogens is 1. The van der Waals surface area contributed by atoms with E-state index in [-0.39, 0.29) is 24.1 Å². The lowest BCUT2D eigenvalue weighted by Gasteiger charge is -2.27. The predicted molar refractivity (Wildman–Crippen MR) is 118 cm³/mol. The van der Waals surface area contributed by atoms with Gasteiger partial charge in [0, 0.05) is 11.7 Å². The highest BCUT2D eigenvalue weighted by atomic mass is 35.5. The van der Waals surface area contributed by atoms with Crippen LogP contribution < -0.4 is 10.9 Å². The highest BCUT2D eigenvalue weighted by Gasteiger charge is 2.18. The van der Waals surface area contributed by atoms with Crippen molar-refractivity contribution in [2.45, 2.75) is 32.9 Å². The third-order valence-electron chi connectivity index (χ3n) is 4.78. The molecule has 1 unspecified atom stereocenters. The van der Waals surface area contributed by atoms with Crippen molar-refractivity contribution in [3.05, 3.63) is 68.7 Å². The van der Waals surface area contributed by atoms with Crippen LogP contribution in [0.3, 0.4) is 0 Å². The van der Waals surface area contributed by atoms with E-state index in [4.69, 9.17) is 23.2 Å². The van der Waals surface area contributed by atoms with E-state index < -0.39 is 0 Å². The topological polar surface area (TPSA) is 78.1 Å². The summed E-state index contributed by atoms with van der Waals surface area (Å²) in [6.07, 6.45) is 0.845. The van der Waals surface area contributed by atoms with Crippen LogP contribution in [-0.4, -0.2) is 33.4 Å². The number of nitrogens with zero attached hydrogens (tertiary/aromatic N) is 2. The third-order valence-corrected chi connectivity index (χ3v) is 5.52. The molecule has 6 nitrogen and oxygen atoms in total. The van der Waals surface area contributed by atoms with Crippen LogP contribution in [0.2, 0.25) is 10.0 Å². The van der Waals surface area contributed by atoms with Gasteiger partial charge in [0.1, 0.15) is 5.82 Å². The van der Waals surface area contributed by atoms with Gasteiger partial charge in [-0.1, -0.05) is 42.3 Å². The molecule has 1 aromatic heterocycles. The summed E-state index contributed by atoms with van der Waals surface area (Å²) in [6, 6.07) is 12.2. The minimum absolute atomic E-state index is 0.117. The van der Waals surface area contributed by atoms with Gasteiger partial charge in [0.15, 0.2) is 0 Å². The fraction of sp³-hybridized carbons (Fsp3) is 0.286. The van der Waals surface area contributed by atoms with Gasteiger partial charge in [-0.2, -0.15) is 0 Å². The van der Waals surface area contributed by atoms with Gasteiger partial charge in [-0.3, -0.25) is 14.5 Å². The molecule has 0 bridgehead atoms. The van der Waals surface area contributed by atoms with E-state index in [0.717, 1.165) is 6.42 Å². The van der Waals surface area contributed by atoms with Gasteiger partial charge in [-0.15, -0.1) is 0 Å². The first-order chi connectivity index (χ1) is 13.9. The zero-order valence-corrected chi connectivity index (χ0v) is 17.7. The Hall–Kier alpha value is -2.41. The van der Waals surface area contributed by atoms with Gasteiger partial charge >= 0.3 is 0 Å². The fourth-order valence-electron chi connectivity index (χ4n) is 2.99. The molecule has 0 spiro atoms. The molecule has 152 valence electrons. The Morgan fingerprint density at radius 2 is 1.97 bits per heavy atom. The fourth-order valence-corrected chi connectivity index (χ4v) is 3.28. The predicted octanol–water partition coefficient (Wildman–Crippen LogP) is 4.47. The Morgan fingerprint density at radius 3 is 2.69 bits per heavy atom. The molecule has 0 aliphatic heterocycles. The molecule has 2 N–H and O–H groups in total. The van der Waals surface area contributed by atoms with Crippen molar-refractivity contribution >= 4 is 45.7 Å². The lowest BCUT2D eigenvalue weighted by atomic mass is 10.2. The molecule has 3 rings (SSSR count). The summed E-state index contributed by atoms with van der Waals surface area (Å²) in [5, 5.41) is 4.18. The number of rotatable bonds is 7. The Balaban J connectivity index is 1.76. The molecule has 0 radical (unpaired) electrons. The van der Waals surface area contributed by atoms with Crippen molar-refractivity contribution in [2.24, 2.45) is 0 Å². The lowest BCUT2D eigenvalue weighted by molar-refractivity contribution is -0.118. The normalized spacial score (nSPS) is 12.3. The molecule has 1 atom stereocenters. The van der Waals surface area contributed by atoms with Crippen LogP contribution in [0.4, 0.5) is 5.69 Å². The number of anilines is 1. The van der Waals surface area contributed by atoms with E-state index in [1.54, 1.807) is 36.4 Å². The van der Waals surface area contributed by atoms with E-state index in [1.165, 1.54) is 0 Å². The van der Waals surface area contributed by atoms with Gasteiger partial charge in [-0.05, 0) is 43.7 Å². The molecule has 1 heterocycles. The second-order valence-electron chi connectivity index (χ2n) is 6.87. The minimum Gasteiger partial charge on any atom is -0.325 e. The van der Waals surface area contributed by atoms with Crippen LogP contribution in [0.25, 0.3) is 10.9 Å². The third kappa shape index (κ3) is 5.35. The number of amides is 1. The number of aromatic nitrogens is 2. The first-order valence-electron chi connectivity index (χ1n) is 9.34. The van der Waals surface area contributed by atoms with Crippen molar-refractivity contribution in [3.63, 3.8) is 0 Å². The largest absolute Gasteiger partial charge is 0.325 e. The van der Waals surface area contributed by atoms with E-state index >= 15 is 0 Å². The summed E-state index contributed by atoms with van der Waals surface area (Å²) < 4.78 is 0. The molecule has 1 amide bonds. The summed E-state index contributed by atoms with van der Waals surface area (Å²) >= 11 is 11.9. The SMILES string of the molecule is CCC(C)N(CC(=O)Nc1ccc(Cl)c(Cl)c1)Cc1nc2ccccc2c(=O)[nH]1. The zero-order valence-electron chi connectivity index (χ0n) is 16.2. The number of para-hydroxylation sites is 1. The first-order valence-corrected chi connectivity index (χ1v) is 10.1. The van der Waals surface area contributed by atoms with Crippen LogP contribution in [0.5, 0.6) is 0 Å². The number of halogens is 2. The lowest BCUT2D eigenvalue weighted by Crippen LogP contribution is -2.39. The molecular formula is C21H22Cl2N4O2. The van der Waals surface area contributed by atoms with Gasteiger partial charge in [-0.25, -0.2) is 4.98 Å². The summed E-state index contributed by atoms with van der Waals surface area (Å²) in [5.41, 5.74) is 1.02. The van der Waals surface area contributed by atoms with Gasteiger partial charge in [0.05, 0.1) is 34.0 Å². The van der Waals surface area contributed by atoms with Crippen LogP contribution >= 0.6 is 23.2 Å². The Labute approximate surface area is 178 Å². The second-order valence-corrected chi connectivity index (χ2v) is 7.68.